The van der Waals surface area contributed by atoms with Crippen molar-refractivity contribution in [2.75, 3.05) is 37.7 Å². The van der Waals surface area contributed by atoms with Gasteiger partial charge in [0.2, 0.25) is 5.91 Å². The van der Waals surface area contributed by atoms with Crippen LogP contribution in [0.1, 0.15) is 61.5 Å². The van der Waals surface area contributed by atoms with Gasteiger partial charge in [-0.25, -0.2) is 9.48 Å². The minimum absolute atomic E-state index is 0.0390. The van der Waals surface area contributed by atoms with Gasteiger partial charge < -0.3 is 19.6 Å². The first-order chi connectivity index (χ1) is 16.1. The average Bonchev–Trinajstić information content (AvgIpc) is 3.49. The molecule has 33 heavy (non-hydrogen) atoms. The van der Waals surface area contributed by atoms with E-state index in [-0.39, 0.29) is 12.1 Å². The lowest BCUT2D eigenvalue weighted by Gasteiger charge is -2.36. The Balaban J connectivity index is 1.28. The maximum Gasteiger partial charge on any atom is 0.337 e. The zero-order chi connectivity index (χ0) is 22.8. The lowest BCUT2D eigenvalue weighted by molar-refractivity contribution is -0.128. The molecule has 0 bridgehead atoms. The molecule has 1 aromatic carbocycles. The van der Waals surface area contributed by atoms with Gasteiger partial charge in [0, 0.05) is 51.0 Å². The Morgan fingerprint density at radius 3 is 2.64 bits per heavy atom. The molecule has 3 saturated heterocycles. The van der Waals surface area contributed by atoms with E-state index < -0.39 is 5.97 Å². The minimum Gasteiger partial charge on any atom is -0.478 e. The number of aromatic nitrogens is 2. The van der Waals surface area contributed by atoms with Gasteiger partial charge in [-0.2, -0.15) is 5.10 Å². The molecule has 8 heteroatoms. The number of anilines is 1. The number of piperidine rings is 1. The third-order valence-corrected chi connectivity index (χ3v) is 7.22. The highest BCUT2D eigenvalue weighted by Gasteiger charge is 2.28. The fourth-order valence-electron chi connectivity index (χ4n) is 5.30. The summed E-state index contributed by atoms with van der Waals surface area (Å²) < 4.78 is 7.65. The first-order valence-corrected chi connectivity index (χ1v) is 12.1. The van der Waals surface area contributed by atoms with Crippen LogP contribution in [-0.4, -0.2) is 64.4 Å². The van der Waals surface area contributed by atoms with Crippen molar-refractivity contribution in [2.24, 2.45) is 5.92 Å². The van der Waals surface area contributed by atoms with Crippen LogP contribution in [0, 0.1) is 5.92 Å². The van der Waals surface area contributed by atoms with Crippen LogP contribution in [-0.2, 0) is 9.53 Å². The van der Waals surface area contributed by atoms with Crippen molar-refractivity contribution in [3.8, 4) is 11.1 Å². The number of carboxylic acid groups (broad SMARTS) is 1. The van der Waals surface area contributed by atoms with Crippen molar-refractivity contribution in [1.82, 2.24) is 14.7 Å². The van der Waals surface area contributed by atoms with Crippen molar-refractivity contribution in [3.63, 3.8) is 0 Å². The molecule has 0 saturated carbocycles. The van der Waals surface area contributed by atoms with Crippen molar-refractivity contribution in [2.45, 2.75) is 51.2 Å². The normalized spacial score (nSPS) is 22.2. The maximum atomic E-state index is 12.1. The summed E-state index contributed by atoms with van der Waals surface area (Å²) in [6, 6.07) is 5.67. The third-order valence-electron chi connectivity index (χ3n) is 7.22. The van der Waals surface area contributed by atoms with Gasteiger partial charge in [-0.1, -0.05) is 6.07 Å². The van der Waals surface area contributed by atoms with E-state index in [9.17, 15) is 14.7 Å². The third kappa shape index (κ3) is 4.76. The van der Waals surface area contributed by atoms with E-state index in [4.69, 9.17) is 4.74 Å². The lowest BCUT2D eigenvalue weighted by Crippen LogP contribution is -2.39. The molecule has 3 fully saturated rings. The van der Waals surface area contributed by atoms with Crippen molar-refractivity contribution < 1.29 is 19.4 Å². The number of likely N-dealkylation sites (tertiary alicyclic amines) is 1. The average molecular weight is 453 g/mol. The quantitative estimate of drug-likeness (QED) is 0.718. The molecule has 5 rings (SSSR count). The summed E-state index contributed by atoms with van der Waals surface area (Å²) in [5, 5.41) is 14.4. The fourth-order valence-corrected chi connectivity index (χ4v) is 5.30. The molecule has 176 valence electrons. The number of hydrogen-bond acceptors (Lipinski definition) is 5. The number of carboxylic acids is 1. The number of aromatic carboxylic acids is 1. The highest BCUT2D eigenvalue weighted by atomic mass is 16.5. The van der Waals surface area contributed by atoms with Crippen LogP contribution in [0.25, 0.3) is 11.1 Å². The predicted octanol–water partition coefficient (Wildman–Crippen LogP) is 3.79. The van der Waals surface area contributed by atoms with Crippen LogP contribution in [0.15, 0.2) is 30.6 Å². The zero-order valence-corrected chi connectivity index (χ0v) is 19.0. The Kier molecular flexibility index (Phi) is 6.35. The highest BCUT2D eigenvalue weighted by molar-refractivity contribution is 5.96. The summed E-state index contributed by atoms with van der Waals surface area (Å²) >= 11 is 0. The number of rotatable bonds is 6. The number of carbonyl (C=O) groups excluding carboxylic acids is 1. The molecule has 1 unspecified atom stereocenters. The van der Waals surface area contributed by atoms with Gasteiger partial charge in [0.15, 0.2) is 0 Å². The molecule has 1 amide bonds. The molecule has 0 radical (unpaired) electrons. The van der Waals surface area contributed by atoms with Crippen LogP contribution >= 0.6 is 0 Å². The van der Waals surface area contributed by atoms with Crippen LogP contribution < -0.4 is 4.90 Å². The van der Waals surface area contributed by atoms with Gasteiger partial charge in [0.05, 0.1) is 17.4 Å². The largest absolute Gasteiger partial charge is 0.478 e. The molecule has 4 heterocycles. The molecule has 3 aliphatic heterocycles. The Hall–Kier alpha value is -2.87. The monoisotopic (exact) mass is 452 g/mol. The molecule has 1 N–H and O–H groups in total. The highest BCUT2D eigenvalue weighted by Crippen LogP contribution is 2.32. The summed E-state index contributed by atoms with van der Waals surface area (Å²) in [6.07, 6.45) is 10.4. The maximum absolute atomic E-state index is 12.1. The molecular formula is C25H32N4O4. The molecule has 2 aromatic rings. The Labute approximate surface area is 194 Å². The summed E-state index contributed by atoms with van der Waals surface area (Å²) in [7, 11) is 0. The number of hydrogen-bond donors (Lipinski definition) is 1. The second-order valence-electron chi connectivity index (χ2n) is 9.44. The van der Waals surface area contributed by atoms with E-state index in [0.29, 0.717) is 17.9 Å². The summed E-state index contributed by atoms with van der Waals surface area (Å²) in [6.45, 7) is 4.09. The summed E-state index contributed by atoms with van der Waals surface area (Å²) in [5.74, 6) is -0.150. The predicted molar refractivity (Wildman–Crippen MR) is 124 cm³/mol. The smallest absolute Gasteiger partial charge is 0.337 e. The van der Waals surface area contributed by atoms with Gasteiger partial charge in [0.1, 0.15) is 6.23 Å². The van der Waals surface area contributed by atoms with Crippen LogP contribution in [0.2, 0.25) is 0 Å². The first kappa shape index (κ1) is 21.9. The Bertz CT molecular complexity index is 1010. The second-order valence-corrected chi connectivity index (χ2v) is 9.44. The van der Waals surface area contributed by atoms with E-state index >= 15 is 0 Å². The number of benzene rings is 1. The molecule has 8 nitrogen and oxygen atoms in total. The van der Waals surface area contributed by atoms with Crippen LogP contribution in [0.4, 0.5) is 5.69 Å². The number of amides is 1. The Morgan fingerprint density at radius 1 is 1.09 bits per heavy atom. The van der Waals surface area contributed by atoms with Crippen molar-refractivity contribution >= 4 is 17.6 Å². The van der Waals surface area contributed by atoms with E-state index in [2.05, 4.69) is 10.00 Å². The van der Waals surface area contributed by atoms with Crippen molar-refractivity contribution in [3.05, 3.63) is 36.2 Å². The van der Waals surface area contributed by atoms with Gasteiger partial charge >= 0.3 is 5.97 Å². The van der Waals surface area contributed by atoms with E-state index in [1.165, 1.54) is 0 Å². The van der Waals surface area contributed by atoms with E-state index in [1.807, 2.05) is 27.9 Å². The Morgan fingerprint density at radius 2 is 1.94 bits per heavy atom. The SMILES string of the molecule is O=C(O)c1cc(-c2cnn(C3CCCCO3)c2)ccc1N1CCC(CN2CCCC2=O)CC1. The lowest BCUT2D eigenvalue weighted by atomic mass is 9.94. The van der Waals surface area contributed by atoms with Gasteiger partial charge in [0.25, 0.3) is 0 Å². The van der Waals surface area contributed by atoms with Gasteiger partial charge in [-0.15, -0.1) is 0 Å². The second kappa shape index (κ2) is 9.55. The van der Waals surface area contributed by atoms with Crippen LogP contribution in [0.3, 0.4) is 0 Å². The van der Waals surface area contributed by atoms with Gasteiger partial charge in [-0.05, 0) is 62.1 Å². The molecule has 3 aliphatic rings. The first-order valence-electron chi connectivity index (χ1n) is 12.1. The van der Waals surface area contributed by atoms with Crippen LogP contribution in [0.5, 0.6) is 0 Å². The molecule has 0 spiro atoms. The van der Waals surface area contributed by atoms with E-state index in [0.717, 1.165) is 88.1 Å². The fraction of sp³-hybridized carbons (Fsp3) is 0.560. The standard InChI is InChI=1S/C25H32N4O4/c30-23-4-3-10-28(23)16-18-8-11-27(12-9-18)22-7-6-19(14-21(22)25(31)32)20-15-26-29(17-20)24-5-1-2-13-33-24/h6-7,14-15,17-18,24H,1-5,8-13,16H2,(H,31,32). The molecule has 1 aromatic heterocycles. The topological polar surface area (TPSA) is 87.9 Å². The number of ether oxygens (including phenoxy) is 1. The number of nitrogens with zero attached hydrogens (tertiary/aromatic N) is 4. The van der Waals surface area contributed by atoms with Crippen molar-refractivity contribution in [1.29, 1.82) is 0 Å². The molecule has 1 atom stereocenters. The molecular weight excluding hydrogens is 420 g/mol. The zero-order valence-electron chi connectivity index (χ0n) is 19.0. The summed E-state index contributed by atoms with van der Waals surface area (Å²) in [4.78, 5) is 28.2. The number of carbonyl (C=O) groups is 2. The van der Waals surface area contributed by atoms with Gasteiger partial charge in [-0.3, -0.25) is 4.79 Å². The summed E-state index contributed by atoms with van der Waals surface area (Å²) in [5.41, 5.74) is 2.83. The minimum atomic E-state index is -0.917. The molecule has 0 aliphatic carbocycles. The van der Waals surface area contributed by atoms with E-state index in [1.54, 1.807) is 12.3 Å².